The van der Waals surface area contributed by atoms with Crippen LogP contribution >= 0.6 is 15.9 Å². The maximum atomic E-state index is 13.9. The number of aryl methyl sites for hydroxylation is 1. The number of nitrogens with zero attached hydrogens (tertiary/aromatic N) is 1. The molecule has 1 N–H and O–H groups in total. The Bertz CT molecular complexity index is 1230. The Morgan fingerprint density at radius 3 is 2.23 bits per heavy atom. The highest BCUT2D eigenvalue weighted by Gasteiger charge is 2.32. The zero-order valence-corrected chi connectivity index (χ0v) is 24.3. The number of halogens is 1. The largest absolute Gasteiger partial charge is 0.493 e. The van der Waals surface area contributed by atoms with Crippen LogP contribution in [-0.4, -0.2) is 43.0 Å². The number of carbonyl (C=O) groups excluding carboxylic acids is 2. The third-order valence-corrected chi connectivity index (χ3v) is 7.84. The van der Waals surface area contributed by atoms with Crippen LogP contribution in [0, 0.1) is 0 Å². The molecular weight excluding hydrogens is 556 g/mol. The highest BCUT2D eigenvalue weighted by Crippen LogP contribution is 2.28. The standard InChI is InChI=1S/C32H37BrN2O4/c1-38-29-18-14-24(21-30(29)39-2)15-19-31(36)35(22-25-12-16-26(33)17-13-25)28(20-23-8-4-3-5-9-23)32(37)34-27-10-6-7-11-27/h3-5,8-9,12-14,16-18,21,27-28H,6-7,10-11,15,19-20,22H2,1-2H3,(H,34,37)/t28-/m0/s1. The van der Waals surface area contributed by atoms with Crippen molar-refractivity contribution in [3.8, 4) is 11.5 Å². The first-order chi connectivity index (χ1) is 19.0. The summed E-state index contributed by atoms with van der Waals surface area (Å²) in [5.74, 6) is 1.14. The van der Waals surface area contributed by atoms with Crippen LogP contribution in [0.5, 0.6) is 11.5 Å². The first kappa shape index (κ1) is 28.7. The van der Waals surface area contributed by atoms with Crippen molar-refractivity contribution in [1.82, 2.24) is 10.2 Å². The molecule has 3 aromatic carbocycles. The second-order valence-electron chi connectivity index (χ2n) is 10.0. The molecule has 39 heavy (non-hydrogen) atoms. The Balaban J connectivity index is 1.60. The Morgan fingerprint density at radius 1 is 0.897 bits per heavy atom. The summed E-state index contributed by atoms with van der Waals surface area (Å²) in [6.45, 7) is 0.355. The molecule has 1 aliphatic rings. The highest BCUT2D eigenvalue weighted by molar-refractivity contribution is 9.10. The fourth-order valence-electron chi connectivity index (χ4n) is 5.14. The number of benzene rings is 3. The normalized spacial score (nSPS) is 14.0. The van der Waals surface area contributed by atoms with E-state index in [9.17, 15) is 9.59 Å². The van der Waals surface area contributed by atoms with Gasteiger partial charge in [0.2, 0.25) is 11.8 Å². The van der Waals surface area contributed by atoms with Gasteiger partial charge in [-0.25, -0.2) is 0 Å². The van der Waals surface area contributed by atoms with Crippen molar-refractivity contribution in [2.75, 3.05) is 14.2 Å². The summed E-state index contributed by atoms with van der Waals surface area (Å²) in [4.78, 5) is 29.5. The Labute approximate surface area is 239 Å². The molecule has 0 heterocycles. The number of ether oxygens (including phenoxy) is 2. The van der Waals surface area contributed by atoms with Gasteiger partial charge in [0.1, 0.15) is 6.04 Å². The number of amides is 2. The van der Waals surface area contributed by atoms with Crippen LogP contribution in [0.3, 0.4) is 0 Å². The summed E-state index contributed by atoms with van der Waals surface area (Å²) >= 11 is 3.49. The molecule has 0 unspecified atom stereocenters. The minimum absolute atomic E-state index is 0.0600. The maximum absolute atomic E-state index is 13.9. The van der Waals surface area contributed by atoms with Crippen LogP contribution in [0.4, 0.5) is 0 Å². The molecule has 7 heteroatoms. The van der Waals surface area contributed by atoms with E-state index in [2.05, 4.69) is 21.2 Å². The van der Waals surface area contributed by atoms with Crippen molar-refractivity contribution >= 4 is 27.7 Å². The molecule has 206 valence electrons. The number of hydrogen-bond acceptors (Lipinski definition) is 4. The topological polar surface area (TPSA) is 67.9 Å². The van der Waals surface area contributed by atoms with Crippen molar-refractivity contribution in [1.29, 1.82) is 0 Å². The average Bonchev–Trinajstić information content (AvgIpc) is 3.48. The fourth-order valence-corrected chi connectivity index (χ4v) is 5.40. The molecule has 1 atom stereocenters. The van der Waals surface area contributed by atoms with Gasteiger partial charge in [0.15, 0.2) is 11.5 Å². The summed E-state index contributed by atoms with van der Waals surface area (Å²) in [6, 6.07) is 23.1. The molecule has 1 fully saturated rings. The maximum Gasteiger partial charge on any atom is 0.243 e. The smallest absolute Gasteiger partial charge is 0.243 e. The zero-order valence-electron chi connectivity index (χ0n) is 22.7. The first-order valence-electron chi connectivity index (χ1n) is 13.6. The van der Waals surface area contributed by atoms with E-state index >= 15 is 0 Å². The number of hydrogen-bond donors (Lipinski definition) is 1. The van der Waals surface area contributed by atoms with Crippen molar-refractivity contribution in [3.05, 3.63) is 94.0 Å². The summed E-state index contributed by atoms with van der Waals surface area (Å²) < 4.78 is 11.8. The Kier molecular flexibility index (Phi) is 10.4. The lowest BCUT2D eigenvalue weighted by Crippen LogP contribution is -2.52. The second kappa shape index (κ2) is 14.2. The Morgan fingerprint density at radius 2 is 1.56 bits per heavy atom. The van der Waals surface area contributed by atoms with Gasteiger partial charge >= 0.3 is 0 Å². The fraction of sp³-hybridized carbons (Fsp3) is 0.375. The molecule has 0 aliphatic heterocycles. The van der Waals surface area contributed by atoms with Crippen LogP contribution < -0.4 is 14.8 Å². The lowest BCUT2D eigenvalue weighted by atomic mass is 10.0. The molecule has 1 aliphatic carbocycles. The SMILES string of the molecule is COc1ccc(CCC(=O)N(Cc2ccc(Br)cc2)[C@@H](Cc2ccccc2)C(=O)NC2CCCC2)cc1OC. The van der Waals surface area contributed by atoms with Gasteiger partial charge < -0.3 is 19.7 Å². The van der Waals surface area contributed by atoms with Crippen molar-refractivity contribution in [2.45, 2.75) is 63.6 Å². The summed E-state index contributed by atoms with van der Waals surface area (Å²) in [5, 5.41) is 3.26. The van der Waals surface area contributed by atoms with Gasteiger partial charge in [-0.05, 0) is 60.2 Å². The molecule has 1 saturated carbocycles. The van der Waals surface area contributed by atoms with Crippen LogP contribution in [0.25, 0.3) is 0 Å². The average molecular weight is 594 g/mol. The predicted molar refractivity (Wildman–Crippen MR) is 157 cm³/mol. The zero-order chi connectivity index (χ0) is 27.6. The van der Waals surface area contributed by atoms with Gasteiger partial charge in [-0.3, -0.25) is 9.59 Å². The summed E-state index contributed by atoms with van der Waals surface area (Å²) in [7, 11) is 3.20. The molecule has 2 amide bonds. The van der Waals surface area contributed by atoms with Crippen molar-refractivity contribution in [2.24, 2.45) is 0 Å². The molecule has 6 nitrogen and oxygen atoms in total. The van der Waals surface area contributed by atoms with E-state index in [-0.39, 0.29) is 24.3 Å². The van der Waals surface area contributed by atoms with E-state index in [1.165, 1.54) is 0 Å². The lowest BCUT2D eigenvalue weighted by Gasteiger charge is -2.32. The molecule has 0 bridgehead atoms. The van der Waals surface area contributed by atoms with E-state index < -0.39 is 6.04 Å². The van der Waals surface area contributed by atoms with Crippen molar-refractivity contribution in [3.63, 3.8) is 0 Å². The molecule has 0 radical (unpaired) electrons. The van der Waals surface area contributed by atoms with Gasteiger partial charge in [0, 0.05) is 29.9 Å². The summed E-state index contributed by atoms with van der Waals surface area (Å²) in [5.41, 5.74) is 2.97. The molecule has 3 aromatic rings. The van der Waals surface area contributed by atoms with Crippen LogP contribution in [0.1, 0.15) is 48.8 Å². The minimum atomic E-state index is -0.616. The van der Waals surface area contributed by atoms with E-state index in [0.717, 1.165) is 46.8 Å². The molecule has 0 spiro atoms. The number of rotatable bonds is 12. The summed E-state index contributed by atoms with van der Waals surface area (Å²) in [6.07, 6.45) is 5.49. The number of carbonyl (C=O) groups is 2. The monoisotopic (exact) mass is 592 g/mol. The lowest BCUT2D eigenvalue weighted by molar-refractivity contribution is -0.141. The van der Waals surface area contributed by atoms with Crippen LogP contribution in [0.2, 0.25) is 0 Å². The van der Waals surface area contributed by atoms with Crippen molar-refractivity contribution < 1.29 is 19.1 Å². The second-order valence-corrected chi connectivity index (χ2v) is 10.9. The van der Waals surface area contributed by atoms with E-state index in [1.807, 2.05) is 72.8 Å². The highest BCUT2D eigenvalue weighted by atomic mass is 79.9. The molecule has 4 rings (SSSR count). The predicted octanol–water partition coefficient (Wildman–Crippen LogP) is 6.10. The van der Waals surface area contributed by atoms with E-state index in [4.69, 9.17) is 9.47 Å². The minimum Gasteiger partial charge on any atom is -0.493 e. The van der Waals surface area contributed by atoms with Crippen LogP contribution in [0.15, 0.2) is 77.3 Å². The van der Waals surface area contributed by atoms with Gasteiger partial charge in [0.05, 0.1) is 14.2 Å². The Hall–Kier alpha value is -3.32. The number of nitrogens with one attached hydrogen (secondary N) is 1. The number of methoxy groups -OCH3 is 2. The van der Waals surface area contributed by atoms with Gasteiger partial charge in [-0.1, -0.05) is 77.3 Å². The quantitative estimate of drug-likeness (QED) is 0.276. The molecule has 0 aromatic heterocycles. The molecule has 0 saturated heterocycles. The van der Waals surface area contributed by atoms with E-state index in [0.29, 0.717) is 30.9 Å². The van der Waals surface area contributed by atoms with E-state index in [1.54, 1.807) is 19.1 Å². The van der Waals surface area contributed by atoms with Crippen LogP contribution in [-0.2, 0) is 29.0 Å². The van der Waals surface area contributed by atoms with Gasteiger partial charge in [0.25, 0.3) is 0 Å². The van der Waals surface area contributed by atoms with Gasteiger partial charge in [-0.15, -0.1) is 0 Å². The molecular formula is C32H37BrN2O4. The third kappa shape index (κ3) is 8.09. The third-order valence-electron chi connectivity index (χ3n) is 7.31. The first-order valence-corrected chi connectivity index (χ1v) is 14.3. The van der Waals surface area contributed by atoms with Gasteiger partial charge in [-0.2, -0.15) is 0 Å².